The fraction of sp³-hybridized carbons (Fsp3) is 0.571. The lowest BCUT2D eigenvalue weighted by Gasteiger charge is -2.26. The standard InChI is InChI=1S/C21H33N5O3/c1-27-17-14-19-18(20(15-17)28-2)13-16(25-19)5-3-6-23-21(22)24-7-4-8-26-9-11-29-12-10-26/h13-15,25H,3-12H2,1-2H3,(H3,22,23,24). The maximum atomic E-state index is 5.97. The summed E-state index contributed by atoms with van der Waals surface area (Å²) >= 11 is 0. The molecule has 1 aromatic carbocycles. The number of benzene rings is 1. The Kier molecular flexibility index (Phi) is 8.01. The molecule has 0 atom stereocenters. The lowest BCUT2D eigenvalue weighted by atomic mass is 10.2. The number of nitrogens with one attached hydrogen (secondary N) is 2. The molecule has 1 saturated heterocycles. The Hall–Kier alpha value is -2.45. The summed E-state index contributed by atoms with van der Waals surface area (Å²) in [6, 6.07) is 6.01. The third-order valence-corrected chi connectivity index (χ3v) is 5.13. The first-order chi connectivity index (χ1) is 14.2. The number of nitrogens with two attached hydrogens (primary N) is 1. The smallest absolute Gasteiger partial charge is 0.188 e. The van der Waals surface area contributed by atoms with Crippen molar-refractivity contribution in [3.05, 3.63) is 23.9 Å². The van der Waals surface area contributed by atoms with Crippen LogP contribution in [0.4, 0.5) is 0 Å². The number of hydrogen-bond donors (Lipinski definition) is 3. The van der Waals surface area contributed by atoms with E-state index in [1.165, 1.54) is 0 Å². The molecule has 1 aliphatic heterocycles. The number of guanidine groups is 1. The highest BCUT2D eigenvalue weighted by Crippen LogP contribution is 2.31. The van der Waals surface area contributed by atoms with E-state index in [1.807, 2.05) is 12.1 Å². The van der Waals surface area contributed by atoms with Gasteiger partial charge < -0.3 is 30.2 Å². The molecule has 1 aliphatic rings. The Morgan fingerprint density at radius 2 is 2.03 bits per heavy atom. The number of fused-ring (bicyclic) bond motifs is 1. The molecular weight excluding hydrogens is 370 g/mol. The van der Waals surface area contributed by atoms with Gasteiger partial charge in [0.05, 0.1) is 33.0 Å². The summed E-state index contributed by atoms with van der Waals surface area (Å²) in [6.07, 6.45) is 2.87. The zero-order chi connectivity index (χ0) is 20.5. The van der Waals surface area contributed by atoms with Gasteiger partial charge in [-0.3, -0.25) is 9.89 Å². The van der Waals surface area contributed by atoms with Crippen molar-refractivity contribution in [2.45, 2.75) is 19.3 Å². The lowest BCUT2D eigenvalue weighted by Crippen LogP contribution is -2.39. The first kappa shape index (κ1) is 21.3. The molecule has 8 nitrogen and oxygen atoms in total. The number of nitrogens with zero attached hydrogens (tertiary/aromatic N) is 2. The number of methoxy groups -OCH3 is 2. The van der Waals surface area contributed by atoms with Gasteiger partial charge in [0, 0.05) is 49.4 Å². The average molecular weight is 404 g/mol. The van der Waals surface area contributed by atoms with Gasteiger partial charge in [0.15, 0.2) is 5.96 Å². The van der Waals surface area contributed by atoms with Gasteiger partial charge in [0.2, 0.25) is 0 Å². The number of aromatic nitrogens is 1. The fourth-order valence-corrected chi connectivity index (χ4v) is 3.53. The van der Waals surface area contributed by atoms with Crippen LogP contribution in [0.5, 0.6) is 11.5 Å². The van der Waals surface area contributed by atoms with Crippen LogP contribution in [-0.2, 0) is 11.2 Å². The molecule has 4 N–H and O–H groups in total. The minimum atomic E-state index is 0.523. The molecule has 1 aromatic heterocycles. The number of morpholine rings is 1. The summed E-state index contributed by atoms with van der Waals surface area (Å²) in [5.41, 5.74) is 8.14. The summed E-state index contributed by atoms with van der Waals surface area (Å²) in [6.45, 7) is 6.33. The molecule has 29 heavy (non-hydrogen) atoms. The number of hydrogen-bond acceptors (Lipinski definition) is 5. The van der Waals surface area contributed by atoms with E-state index >= 15 is 0 Å². The van der Waals surface area contributed by atoms with Crippen molar-refractivity contribution in [1.82, 2.24) is 15.2 Å². The van der Waals surface area contributed by atoms with Gasteiger partial charge in [-0.1, -0.05) is 0 Å². The van der Waals surface area contributed by atoms with Crippen LogP contribution < -0.4 is 20.5 Å². The van der Waals surface area contributed by atoms with Crippen LogP contribution >= 0.6 is 0 Å². The molecule has 0 radical (unpaired) electrons. The Bertz CT molecular complexity index is 799. The molecule has 2 aromatic rings. The van der Waals surface area contributed by atoms with Gasteiger partial charge in [-0.05, 0) is 31.9 Å². The molecule has 0 aliphatic carbocycles. The van der Waals surface area contributed by atoms with Crippen LogP contribution in [0.3, 0.4) is 0 Å². The monoisotopic (exact) mass is 403 g/mol. The minimum Gasteiger partial charge on any atom is -0.497 e. The Balaban J connectivity index is 1.38. The zero-order valence-electron chi connectivity index (χ0n) is 17.5. The number of aromatic amines is 1. The number of rotatable bonds is 10. The molecule has 0 spiro atoms. The molecular formula is C21H33N5O3. The van der Waals surface area contributed by atoms with E-state index in [1.54, 1.807) is 14.2 Å². The van der Waals surface area contributed by atoms with Crippen molar-refractivity contribution in [2.75, 3.05) is 60.2 Å². The van der Waals surface area contributed by atoms with E-state index in [2.05, 4.69) is 26.3 Å². The highest BCUT2D eigenvalue weighted by atomic mass is 16.5. The van der Waals surface area contributed by atoms with Crippen molar-refractivity contribution in [3.8, 4) is 11.5 Å². The topological polar surface area (TPSA) is 97.1 Å². The highest BCUT2D eigenvalue weighted by molar-refractivity contribution is 5.88. The van der Waals surface area contributed by atoms with Crippen molar-refractivity contribution >= 4 is 16.9 Å². The molecule has 160 valence electrons. The summed E-state index contributed by atoms with van der Waals surface area (Å²) in [7, 11) is 3.33. The minimum absolute atomic E-state index is 0.523. The number of aryl methyl sites for hydroxylation is 1. The van der Waals surface area contributed by atoms with Crippen LogP contribution in [-0.4, -0.2) is 76.0 Å². The predicted octanol–water partition coefficient (Wildman–Crippen LogP) is 1.74. The van der Waals surface area contributed by atoms with E-state index in [0.29, 0.717) is 12.5 Å². The molecule has 8 heteroatoms. The highest BCUT2D eigenvalue weighted by Gasteiger charge is 2.10. The van der Waals surface area contributed by atoms with Gasteiger partial charge in [0.1, 0.15) is 11.5 Å². The predicted molar refractivity (Wildman–Crippen MR) is 116 cm³/mol. The molecule has 2 heterocycles. The van der Waals surface area contributed by atoms with E-state index < -0.39 is 0 Å². The Morgan fingerprint density at radius 1 is 1.21 bits per heavy atom. The largest absolute Gasteiger partial charge is 0.497 e. The van der Waals surface area contributed by atoms with E-state index in [-0.39, 0.29) is 0 Å². The zero-order valence-corrected chi connectivity index (χ0v) is 17.5. The molecule has 0 saturated carbocycles. The van der Waals surface area contributed by atoms with Crippen LogP contribution in [0.2, 0.25) is 0 Å². The lowest BCUT2D eigenvalue weighted by molar-refractivity contribution is 0.0376. The van der Waals surface area contributed by atoms with Gasteiger partial charge in [-0.2, -0.15) is 0 Å². The van der Waals surface area contributed by atoms with E-state index in [9.17, 15) is 0 Å². The van der Waals surface area contributed by atoms with E-state index in [0.717, 1.165) is 86.8 Å². The van der Waals surface area contributed by atoms with Crippen molar-refractivity contribution < 1.29 is 14.2 Å². The van der Waals surface area contributed by atoms with Crippen LogP contribution in [0.1, 0.15) is 18.5 Å². The third kappa shape index (κ3) is 6.27. The van der Waals surface area contributed by atoms with Crippen LogP contribution in [0.25, 0.3) is 10.9 Å². The summed E-state index contributed by atoms with van der Waals surface area (Å²) in [5.74, 6) is 2.11. The summed E-state index contributed by atoms with van der Waals surface area (Å²) < 4.78 is 16.2. The summed E-state index contributed by atoms with van der Waals surface area (Å²) in [5, 5.41) is 4.26. The fourth-order valence-electron chi connectivity index (χ4n) is 3.53. The molecule has 0 amide bonds. The second-order valence-electron chi connectivity index (χ2n) is 7.19. The Morgan fingerprint density at radius 3 is 2.79 bits per heavy atom. The first-order valence-corrected chi connectivity index (χ1v) is 10.3. The van der Waals surface area contributed by atoms with Crippen molar-refractivity contribution in [3.63, 3.8) is 0 Å². The normalized spacial score (nSPS) is 15.6. The number of ether oxygens (including phenoxy) is 3. The maximum Gasteiger partial charge on any atom is 0.188 e. The number of H-pyrrole nitrogens is 1. The maximum absolute atomic E-state index is 5.97. The third-order valence-electron chi connectivity index (χ3n) is 5.13. The SMILES string of the molecule is COc1cc(OC)c2cc(CCCN=C(N)NCCCN3CCOCC3)[nH]c2c1. The van der Waals surface area contributed by atoms with Crippen LogP contribution in [0.15, 0.2) is 23.2 Å². The average Bonchev–Trinajstić information content (AvgIpc) is 3.17. The van der Waals surface area contributed by atoms with Crippen molar-refractivity contribution in [2.24, 2.45) is 10.7 Å². The molecule has 1 fully saturated rings. The second-order valence-corrected chi connectivity index (χ2v) is 7.19. The summed E-state index contributed by atoms with van der Waals surface area (Å²) in [4.78, 5) is 10.3. The quantitative estimate of drug-likeness (QED) is 0.318. The van der Waals surface area contributed by atoms with Gasteiger partial charge in [-0.25, -0.2) is 0 Å². The molecule has 3 rings (SSSR count). The first-order valence-electron chi connectivity index (χ1n) is 10.3. The Labute approximate surface area is 172 Å². The van der Waals surface area contributed by atoms with Crippen LogP contribution in [0, 0.1) is 0 Å². The van der Waals surface area contributed by atoms with Gasteiger partial charge in [-0.15, -0.1) is 0 Å². The molecule has 0 bridgehead atoms. The van der Waals surface area contributed by atoms with E-state index in [4.69, 9.17) is 19.9 Å². The van der Waals surface area contributed by atoms with Gasteiger partial charge >= 0.3 is 0 Å². The second kappa shape index (κ2) is 10.9. The molecule has 0 unspecified atom stereocenters. The van der Waals surface area contributed by atoms with Gasteiger partial charge in [0.25, 0.3) is 0 Å². The van der Waals surface area contributed by atoms with Crippen molar-refractivity contribution in [1.29, 1.82) is 0 Å². The number of aliphatic imine (C=N–C) groups is 1.